The van der Waals surface area contributed by atoms with Gasteiger partial charge in [0.2, 0.25) is 11.0 Å². The van der Waals surface area contributed by atoms with E-state index in [9.17, 15) is 4.79 Å². The highest BCUT2D eigenvalue weighted by Gasteiger charge is 2.15. The lowest BCUT2D eigenvalue weighted by molar-refractivity contribution is -0.116. The smallest absolute Gasteiger partial charge is 0.225 e. The quantitative estimate of drug-likeness (QED) is 0.456. The highest BCUT2D eigenvalue weighted by Crippen LogP contribution is 2.29. The Morgan fingerprint density at radius 3 is 2.76 bits per heavy atom. The molecule has 0 aliphatic rings. The molecule has 8 heteroatoms. The van der Waals surface area contributed by atoms with Crippen molar-refractivity contribution in [2.75, 3.05) is 12.4 Å². The number of aromatic nitrogens is 3. The van der Waals surface area contributed by atoms with Crippen molar-refractivity contribution in [3.63, 3.8) is 0 Å². The molecule has 3 aromatic heterocycles. The van der Waals surface area contributed by atoms with Crippen molar-refractivity contribution in [2.24, 2.45) is 0 Å². The molecule has 29 heavy (non-hydrogen) atoms. The fourth-order valence-corrected chi connectivity index (χ4v) is 4.44. The summed E-state index contributed by atoms with van der Waals surface area (Å²) >= 11 is 3.15. The number of hydrogen-bond acceptors (Lipinski definition) is 6. The Kier molecular flexibility index (Phi) is 5.73. The minimum Gasteiger partial charge on any atom is -0.497 e. The first-order valence-corrected chi connectivity index (χ1v) is 10.9. The maximum absolute atomic E-state index is 12.5. The fraction of sp³-hybridized carbons (Fsp3) is 0.190. The molecule has 0 aliphatic heterocycles. The van der Waals surface area contributed by atoms with Crippen LogP contribution in [0.2, 0.25) is 0 Å². The van der Waals surface area contributed by atoms with Gasteiger partial charge in [-0.3, -0.25) is 4.79 Å². The van der Waals surface area contributed by atoms with Crippen LogP contribution in [0.15, 0.2) is 53.2 Å². The molecule has 0 saturated heterocycles. The van der Waals surface area contributed by atoms with Crippen molar-refractivity contribution in [1.82, 2.24) is 14.8 Å². The van der Waals surface area contributed by atoms with Crippen molar-refractivity contribution in [3.8, 4) is 21.5 Å². The second kappa shape index (κ2) is 8.59. The Balaban J connectivity index is 1.44. The average molecular weight is 425 g/mol. The third-order valence-electron chi connectivity index (χ3n) is 4.35. The van der Waals surface area contributed by atoms with Gasteiger partial charge in [-0.05, 0) is 42.5 Å². The minimum absolute atomic E-state index is 0.0583. The zero-order chi connectivity index (χ0) is 20.2. The number of thiophene rings is 1. The number of nitrogens with zero attached hydrogens (tertiary/aromatic N) is 3. The van der Waals surface area contributed by atoms with E-state index < -0.39 is 0 Å². The molecular formula is C21H20N4O2S2. The van der Waals surface area contributed by atoms with Crippen LogP contribution in [-0.2, 0) is 11.2 Å². The molecule has 0 saturated carbocycles. The number of methoxy groups -OCH3 is 1. The molecule has 0 fully saturated rings. The number of rotatable bonds is 7. The Bertz CT molecular complexity index is 1100. The number of ether oxygens (including phenoxy) is 1. The summed E-state index contributed by atoms with van der Waals surface area (Å²) in [6, 6.07) is 13.7. The summed E-state index contributed by atoms with van der Waals surface area (Å²) in [7, 11) is 1.64. The number of hydrogen-bond donors (Lipinski definition) is 1. The molecule has 1 amide bonds. The summed E-state index contributed by atoms with van der Waals surface area (Å²) in [5.74, 6) is 1.38. The molecule has 0 bridgehead atoms. The van der Waals surface area contributed by atoms with E-state index in [2.05, 4.69) is 15.4 Å². The maximum Gasteiger partial charge on any atom is 0.225 e. The molecule has 0 unspecified atom stereocenters. The Hall–Kier alpha value is -2.97. The van der Waals surface area contributed by atoms with Crippen LogP contribution in [0.1, 0.15) is 17.7 Å². The van der Waals surface area contributed by atoms with Crippen LogP contribution >= 0.6 is 22.7 Å². The highest BCUT2D eigenvalue weighted by molar-refractivity contribution is 7.15. The number of nitrogens with one attached hydrogen (secondary N) is 1. The summed E-state index contributed by atoms with van der Waals surface area (Å²) in [4.78, 5) is 18.3. The van der Waals surface area contributed by atoms with E-state index in [0.29, 0.717) is 18.7 Å². The van der Waals surface area contributed by atoms with Gasteiger partial charge in [0.15, 0.2) is 0 Å². The van der Waals surface area contributed by atoms with Crippen LogP contribution < -0.4 is 10.1 Å². The van der Waals surface area contributed by atoms with Crippen molar-refractivity contribution in [3.05, 3.63) is 64.5 Å². The average Bonchev–Trinajstić information content (AvgIpc) is 3.47. The van der Waals surface area contributed by atoms with Crippen LogP contribution in [-0.4, -0.2) is 27.8 Å². The van der Waals surface area contributed by atoms with E-state index in [1.165, 1.54) is 11.3 Å². The Morgan fingerprint density at radius 2 is 2.03 bits per heavy atom. The Labute approximate surface area is 176 Å². The second-order valence-corrected chi connectivity index (χ2v) is 8.26. The second-order valence-electron chi connectivity index (χ2n) is 6.47. The van der Waals surface area contributed by atoms with Gasteiger partial charge in [0.05, 0.1) is 23.4 Å². The molecule has 4 rings (SSSR count). The first-order valence-electron chi connectivity index (χ1n) is 9.11. The fourth-order valence-electron chi connectivity index (χ4n) is 2.89. The summed E-state index contributed by atoms with van der Waals surface area (Å²) in [5.41, 5.74) is 2.83. The molecule has 0 spiro atoms. The van der Waals surface area contributed by atoms with Crippen LogP contribution in [0.3, 0.4) is 0 Å². The number of aryl methyl sites for hydroxylation is 2. The number of amides is 1. The molecule has 3 heterocycles. The number of anilines is 1. The maximum atomic E-state index is 12.5. The molecule has 1 aromatic carbocycles. The van der Waals surface area contributed by atoms with Crippen LogP contribution in [0.5, 0.6) is 5.75 Å². The largest absolute Gasteiger partial charge is 0.497 e. The van der Waals surface area contributed by atoms with E-state index in [0.717, 1.165) is 32.7 Å². The summed E-state index contributed by atoms with van der Waals surface area (Å²) < 4.78 is 6.86. The first kappa shape index (κ1) is 19.4. The molecule has 1 N–H and O–H groups in total. The van der Waals surface area contributed by atoms with Gasteiger partial charge in [-0.1, -0.05) is 18.2 Å². The standard InChI is InChI=1S/C21H20N4O2S2/c1-14-12-19(23-20(26)10-7-15-5-8-16(27-2)9-6-15)25(24-14)21-22-17(13-29-21)18-4-3-11-28-18/h3-6,8-9,11-13H,7,10H2,1-2H3,(H,23,26). The summed E-state index contributed by atoms with van der Waals surface area (Å²) in [6.45, 7) is 1.90. The molecule has 6 nitrogen and oxygen atoms in total. The normalized spacial score (nSPS) is 10.8. The molecular weight excluding hydrogens is 404 g/mol. The lowest BCUT2D eigenvalue weighted by atomic mass is 10.1. The van der Waals surface area contributed by atoms with Crippen LogP contribution in [0.25, 0.3) is 15.7 Å². The van der Waals surface area contributed by atoms with E-state index >= 15 is 0 Å². The van der Waals surface area contributed by atoms with Crippen molar-refractivity contribution >= 4 is 34.4 Å². The number of carbonyl (C=O) groups excluding carboxylic acids is 1. The molecule has 0 radical (unpaired) electrons. The van der Waals surface area contributed by atoms with Gasteiger partial charge in [0, 0.05) is 17.9 Å². The SMILES string of the molecule is COc1ccc(CCC(=O)Nc2cc(C)nn2-c2nc(-c3cccs3)cs2)cc1. The monoisotopic (exact) mass is 424 g/mol. The van der Waals surface area contributed by atoms with Crippen molar-refractivity contribution in [1.29, 1.82) is 0 Å². The zero-order valence-corrected chi connectivity index (χ0v) is 17.7. The van der Waals surface area contributed by atoms with Gasteiger partial charge in [0.1, 0.15) is 11.6 Å². The third kappa shape index (κ3) is 4.55. The predicted molar refractivity (Wildman–Crippen MR) is 117 cm³/mol. The van der Waals surface area contributed by atoms with Gasteiger partial charge >= 0.3 is 0 Å². The van der Waals surface area contributed by atoms with Gasteiger partial charge in [-0.2, -0.15) is 9.78 Å². The minimum atomic E-state index is -0.0583. The lowest BCUT2D eigenvalue weighted by Gasteiger charge is -2.07. The van der Waals surface area contributed by atoms with Crippen molar-refractivity contribution < 1.29 is 9.53 Å². The number of carbonyl (C=O) groups is 1. The Morgan fingerprint density at radius 1 is 1.21 bits per heavy atom. The highest BCUT2D eigenvalue weighted by atomic mass is 32.1. The van der Waals surface area contributed by atoms with Gasteiger partial charge in [0.25, 0.3) is 0 Å². The van der Waals surface area contributed by atoms with E-state index in [4.69, 9.17) is 4.74 Å². The molecule has 148 valence electrons. The van der Waals surface area contributed by atoms with Crippen molar-refractivity contribution in [2.45, 2.75) is 19.8 Å². The summed E-state index contributed by atoms with van der Waals surface area (Å²) in [6.07, 6.45) is 1.04. The molecule has 0 aliphatic carbocycles. The van der Waals surface area contributed by atoms with Gasteiger partial charge in [-0.25, -0.2) is 4.98 Å². The molecule has 0 atom stereocenters. The van der Waals surface area contributed by atoms with Gasteiger partial charge < -0.3 is 10.1 Å². The first-order chi connectivity index (χ1) is 14.1. The summed E-state index contributed by atoms with van der Waals surface area (Å²) in [5, 5.41) is 12.2. The van der Waals surface area contributed by atoms with E-state index in [1.807, 2.05) is 60.1 Å². The molecule has 4 aromatic rings. The topological polar surface area (TPSA) is 69.0 Å². The zero-order valence-electron chi connectivity index (χ0n) is 16.1. The number of benzene rings is 1. The van der Waals surface area contributed by atoms with E-state index in [-0.39, 0.29) is 5.91 Å². The van der Waals surface area contributed by atoms with Crippen LogP contribution in [0, 0.1) is 6.92 Å². The van der Waals surface area contributed by atoms with Gasteiger partial charge in [-0.15, -0.1) is 22.7 Å². The predicted octanol–water partition coefficient (Wildman–Crippen LogP) is 4.95. The van der Waals surface area contributed by atoms with E-state index in [1.54, 1.807) is 23.1 Å². The van der Waals surface area contributed by atoms with Crippen LogP contribution in [0.4, 0.5) is 5.82 Å². The number of thiazole rings is 1. The lowest BCUT2D eigenvalue weighted by Crippen LogP contribution is -2.15. The third-order valence-corrected chi connectivity index (χ3v) is 6.05.